The Bertz CT molecular complexity index is 857. The van der Waals surface area contributed by atoms with Crippen molar-refractivity contribution in [1.82, 2.24) is 4.98 Å². The number of hydrogen-bond donors (Lipinski definition) is 1. The van der Waals surface area contributed by atoms with Gasteiger partial charge in [-0.05, 0) is 61.4 Å². The summed E-state index contributed by atoms with van der Waals surface area (Å²) < 4.78 is 10.8. The summed E-state index contributed by atoms with van der Waals surface area (Å²) >= 11 is 0. The lowest BCUT2D eigenvalue weighted by Crippen LogP contribution is -2.53. The molecular weight excluding hydrogens is 354 g/mol. The zero-order valence-corrected chi connectivity index (χ0v) is 16.5. The maximum atomic E-state index is 12.3. The highest BCUT2D eigenvalue weighted by molar-refractivity contribution is 5.82. The number of allylic oxidation sites excluding steroid dienone is 1. The number of nitrogens with zero attached hydrogens (tertiary/aromatic N) is 1. The standard InChI is InChI=1S/C23H27NO4/c1-4-18-14(2)12-23(26)21(15(3)28-22(23)25)19(18)10-9-17-8-7-16(13-24-17)20-6-5-11-27-20/h5-11,13-15,18-19,21,26H,4,12H2,1-3H3/b10-9+/t14?,15-,18?,19?,21?,23?/m1/s1. The Morgan fingerprint density at radius 1 is 1.32 bits per heavy atom. The number of aliphatic hydroxyl groups is 1. The summed E-state index contributed by atoms with van der Waals surface area (Å²) in [6.07, 6.45) is 8.73. The maximum absolute atomic E-state index is 12.3. The molecule has 0 aromatic carbocycles. The zero-order valence-electron chi connectivity index (χ0n) is 16.5. The number of cyclic esters (lactones) is 1. The van der Waals surface area contributed by atoms with E-state index in [0.29, 0.717) is 12.3 Å². The summed E-state index contributed by atoms with van der Waals surface area (Å²) in [7, 11) is 0. The van der Waals surface area contributed by atoms with E-state index in [1.54, 1.807) is 12.5 Å². The van der Waals surface area contributed by atoms with Crippen LogP contribution in [0.1, 0.15) is 39.3 Å². The maximum Gasteiger partial charge on any atom is 0.338 e. The smallest absolute Gasteiger partial charge is 0.338 e. The Morgan fingerprint density at radius 3 is 2.79 bits per heavy atom. The van der Waals surface area contributed by atoms with E-state index < -0.39 is 11.6 Å². The molecular formula is C23H27NO4. The van der Waals surface area contributed by atoms with Gasteiger partial charge < -0.3 is 14.3 Å². The lowest BCUT2D eigenvalue weighted by atomic mass is 9.59. The van der Waals surface area contributed by atoms with Crippen molar-refractivity contribution in [2.45, 2.75) is 45.3 Å². The molecule has 0 bridgehead atoms. The minimum Gasteiger partial charge on any atom is -0.464 e. The van der Waals surface area contributed by atoms with Crippen LogP contribution in [0.25, 0.3) is 17.4 Å². The molecule has 4 rings (SSSR count). The largest absolute Gasteiger partial charge is 0.464 e. The van der Waals surface area contributed by atoms with Crippen LogP contribution in [0.4, 0.5) is 0 Å². The predicted octanol–water partition coefficient (Wildman–Crippen LogP) is 4.33. The fraction of sp³-hybridized carbons (Fsp3) is 0.478. The minimum absolute atomic E-state index is 0.0618. The molecule has 2 aromatic heterocycles. The lowest BCUT2D eigenvalue weighted by molar-refractivity contribution is -0.160. The van der Waals surface area contributed by atoms with Crippen LogP contribution >= 0.6 is 0 Å². The third-order valence-electron chi connectivity index (χ3n) is 6.53. The number of furan rings is 1. The summed E-state index contributed by atoms with van der Waals surface area (Å²) in [5.74, 6) is 0.793. The van der Waals surface area contributed by atoms with Gasteiger partial charge in [0.15, 0.2) is 5.60 Å². The van der Waals surface area contributed by atoms with Gasteiger partial charge in [-0.2, -0.15) is 0 Å². The highest BCUT2D eigenvalue weighted by Gasteiger charge is 2.62. The van der Waals surface area contributed by atoms with Crippen LogP contribution < -0.4 is 0 Å². The van der Waals surface area contributed by atoms with Gasteiger partial charge in [-0.25, -0.2) is 4.79 Å². The first-order valence-electron chi connectivity index (χ1n) is 10.1. The number of ether oxygens (including phenoxy) is 1. The zero-order chi connectivity index (χ0) is 19.9. The molecule has 5 heteroatoms. The Hall–Kier alpha value is -2.40. The Morgan fingerprint density at radius 2 is 2.14 bits per heavy atom. The minimum atomic E-state index is -1.38. The number of hydrogen-bond acceptors (Lipinski definition) is 5. The highest BCUT2D eigenvalue weighted by Crippen LogP contribution is 2.52. The third-order valence-corrected chi connectivity index (χ3v) is 6.53. The summed E-state index contributed by atoms with van der Waals surface area (Å²) in [6.45, 7) is 6.18. The number of rotatable bonds is 4. The second kappa shape index (κ2) is 7.21. The molecule has 1 aliphatic heterocycles. The van der Waals surface area contributed by atoms with Crippen LogP contribution in [-0.2, 0) is 9.53 Å². The van der Waals surface area contributed by atoms with Crippen molar-refractivity contribution in [2.75, 3.05) is 0 Å². The molecule has 5 nitrogen and oxygen atoms in total. The first-order valence-corrected chi connectivity index (χ1v) is 10.1. The Balaban J connectivity index is 1.61. The molecule has 1 N–H and O–H groups in total. The second-order valence-electron chi connectivity index (χ2n) is 8.20. The SMILES string of the molecule is CCC1C(C)CC2(O)C(=O)O[C@H](C)C2C1/C=C/c1ccc(-c2ccco2)cn1. The van der Waals surface area contributed by atoms with Gasteiger partial charge in [0.25, 0.3) is 0 Å². The normalized spacial score (nSPS) is 35.1. The molecule has 0 amide bonds. The molecule has 5 unspecified atom stereocenters. The van der Waals surface area contributed by atoms with E-state index in [2.05, 4.69) is 24.9 Å². The lowest BCUT2D eigenvalue weighted by Gasteiger charge is -2.45. The quantitative estimate of drug-likeness (QED) is 0.798. The van der Waals surface area contributed by atoms with Crippen molar-refractivity contribution >= 4 is 12.0 Å². The van der Waals surface area contributed by atoms with E-state index >= 15 is 0 Å². The number of fused-ring (bicyclic) bond motifs is 1. The van der Waals surface area contributed by atoms with Crippen LogP contribution in [0, 0.1) is 23.7 Å². The average molecular weight is 381 g/mol. The molecule has 2 aliphatic rings. The number of carbonyl (C=O) groups is 1. The molecule has 148 valence electrons. The third kappa shape index (κ3) is 3.08. The van der Waals surface area contributed by atoms with E-state index in [4.69, 9.17) is 9.15 Å². The Kier molecular flexibility index (Phi) is 4.88. The van der Waals surface area contributed by atoms with Gasteiger partial charge in [0, 0.05) is 17.7 Å². The van der Waals surface area contributed by atoms with Crippen molar-refractivity contribution < 1.29 is 19.1 Å². The van der Waals surface area contributed by atoms with Crippen LogP contribution in [0.2, 0.25) is 0 Å². The van der Waals surface area contributed by atoms with Crippen molar-refractivity contribution in [2.24, 2.45) is 23.7 Å². The van der Waals surface area contributed by atoms with Crippen molar-refractivity contribution in [1.29, 1.82) is 0 Å². The van der Waals surface area contributed by atoms with Gasteiger partial charge in [-0.3, -0.25) is 4.98 Å². The second-order valence-corrected chi connectivity index (χ2v) is 8.20. The van der Waals surface area contributed by atoms with Gasteiger partial charge in [0.1, 0.15) is 11.9 Å². The first-order chi connectivity index (χ1) is 13.4. The van der Waals surface area contributed by atoms with Crippen molar-refractivity contribution in [3.63, 3.8) is 0 Å². The molecule has 1 saturated carbocycles. The van der Waals surface area contributed by atoms with Crippen molar-refractivity contribution in [3.05, 3.63) is 48.5 Å². The number of aromatic nitrogens is 1. The van der Waals surface area contributed by atoms with Gasteiger partial charge in [-0.15, -0.1) is 0 Å². The molecule has 0 spiro atoms. The van der Waals surface area contributed by atoms with E-state index in [9.17, 15) is 9.90 Å². The summed E-state index contributed by atoms with van der Waals surface area (Å²) in [5, 5.41) is 11.1. The van der Waals surface area contributed by atoms with Gasteiger partial charge in [-0.1, -0.05) is 26.3 Å². The Labute approximate surface area is 165 Å². The van der Waals surface area contributed by atoms with E-state index in [-0.39, 0.29) is 23.9 Å². The first kappa shape index (κ1) is 18.9. The fourth-order valence-corrected chi connectivity index (χ4v) is 5.25. The average Bonchev–Trinajstić information content (AvgIpc) is 3.27. The predicted molar refractivity (Wildman–Crippen MR) is 106 cm³/mol. The summed E-state index contributed by atoms with van der Waals surface area (Å²) in [6, 6.07) is 7.69. The number of carbonyl (C=O) groups excluding carboxylic acids is 1. The van der Waals surface area contributed by atoms with E-state index in [1.165, 1.54) is 0 Å². The topological polar surface area (TPSA) is 72.6 Å². The fourth-order valence-electron chi connectivity index (χ4n) is 5.25. The van der Waals surface area contributed by atoms with E-state index in [1.807, 2.05) is 37.3 Å². The van der Waals surface area contributed by atoms with Crippen LogP contribution in [0.3, 0.4) is 0 Å². The van der Waals surface area contributed by atoms with Gasteiger partial charge >= 0.3 is 5.97 Å². The van der Waals surface area contributed by atoms with E-state index in [0.717, 1.165) is 23.4 Å². The number of esters is 1. The van der Waals surface area contributed by atoms with Crippen LogP contribution in [-0.4, -0.2) is 27.8 Å². The van der Waals surface area contributed by atoms with Gasteiger partial charge in [0.2, 0.25) is 0 Å². The number of pyridine rings is 1. The molecule has 0 radical (unpaired) electrons. The van der Waals surface area contributed by atoms with Crippen molar-refractivity contribution in [3.8, 4) is 11.3 Å². The van der Waals surface area contributed by atoms with Crippen LogP contribution in [0.5, 0.6) is 0 Å². The molecule has 3 heterocycles. The summed E-state index contributed by atoms with van der Waals surface area (Å²) in [4.78, 5) is 16.9. The monoisotopic (exact) mass is 381 g/mol. The van der Waals surface area contributed by atoms with Crippen LogP contribution in [0.15, 0.2) is 47.2 Å². The molecule has 2 aromatic rings. The molecule has 1 saturated heterocycles. The molecule has 2 fully saturated rings. The molecule has 6 atom stereocenters. The molecule has 1 aliphatic carbocycles. The highest BCUT2D eigenvalue weighted by atomic mass is 16.6. The molecule has 28 heavy (non-hydrogen) atoms. The summed E-state index contributed by atoms with van der Waals surface area (Å²) in [5.41, 5.74) is 0.387. The van der Waals surface area contributed by atoms with Gasteiger partial charge in [0.05, 0.1) is 12.0 Å².